The molecule has 2 aromatic rings. The fourth-order valence-electron chi connectivity index (χ4n) is 2.27. The number of halogens is 1. The summed E-state index contributed by atoms with van der Waals surface area (Å²) in [4.78, 5) is 0. The smallest absolute Gasteiger partial charge is 0.123 e. The Morgan fingerprint density at radius 1 is 1.20 bits per heavy atom. The van der Waals surface area contributed by atoms with Gasteiger partial charge < -0.3 is 4.74 Å². The van der Waals surface area contributed by atoms with E-state index in [1.807, 2.05) is 44.2 Å². The summed E-state index contributed by atoms with van der Waals surface area (Å²) in [7, 11) is 0. The van der Waals surface area contributed by atoms with Gasteiger partial charge >= 0.3 is 0 Å². The molecular weight excluding hydrogens is 255 g/mol. The highest BCUT2D eigenvalue weighted by Crippen LogP contribution is 2.26. The van der Waals surface area contributed by atoms with Crippen molar-refractivity contribution in [2.75, 3.05) is 6.61 Å². The van der Waals surface area contributed by atoms with Crippen molar-refractivity contribution in [3.8, 4) is 5.75 Å². The van der Waals surface area contributed by atoms with E-state index < -0.39 is 0 Å². The van der Waals surface area contributed by atoms with Gasteiger partial charge in [-0.2, -0.15) is 0 Å². The molecule has 4 heteroatoms. The van der Waals surface area contributed by atoms with Gasteiger partial charge in [0.15, 0.2) is 0 Å². The predicted octanol–water partition coefficient (Wildman–Crippen LogP) is 3.09. The highest BCUT2D eigenvalue weighted by atomic mass is 19.1. The highest BCUT2D eigenvalue weighted by Gasteiger charge is 2.14. The van der Waals surface area contributed by atoms with Crippen LogP contribution in [-0.2, 0) is 0 Å². The molecule has 0 aliphatic heterocycles. The molecule has 0 aliphatic rings. The Morgan fingerprint density at radius 2 is 2.00 bits per heavy atom. The molecule has 106 valence electrons. The minimum Gasteiger partial charge on any atom is -0.494 e. The topological polar surface area (TPSA) is 47.3 Å². The number of nitrogens with two attached hydrogens (primary N) is 1. The van der Waals surface area contributed by atoms with E-state index in [9.17, 15) is 4.39 Å². The van der Waals surface area contributed by atoms with E-state index in [0.29, 0.717) is 6.61 Å². The van der Waals surface area contributed by atoms with Crippen LogP contribution in [-0.4, -0.2) is 6.61 Å². The molecule has 0 saturated carbocycles. The Balaban J connectivity index is 2.38. The molecule has 0 saturated heterocycles. The van der Waals surface area contributed by atoms with Gasteiger partial charge in [-0.1, -0.05) is 18.2 Å². The average Bonchev–Trinajstić information content (AvgIpc) is 2.39. The van der Waals surface area contributed by atoms with E-state index in [2.05, 4.69) is 5.43 Å². The van der Waals surface area contributed by atoms with Crippen molar-refractivity contribution < 1.29 is 9.13 Å². The molecule has 0 bridgehead atoms. The van der Waals surface area contributed by atoms with E-state index >= 15 is 0 Å². The summed E-state index contributed by atoms with van der Waals surface area (Å²) in [6.45, 7) is 4.39. The van der Waals surface area contributed by atoms with Gasteiger partial charge in [0.25, 0.3) is 0 Å². The summed E-state index contributed by atoms with van der Waals surface area (Å²) < 4.78 is 19.0. The zero-order valence-electron chi connectivity index (χ0n) is 11.7. The summed E-state index contributed by atoms with van der Waals surface area (Å²) in [5.74, 6) is 6.16. The Hall–Kier alpha value is -1.91. The van der Waals surface area contributed by atoms with Crippen molar-refractivity contribution in [1.29, 1.82) is 0 Å². The Bertz CT molecular complexity index is 566. The molecule has 20 heavy (non-hydrogen) atoms. The fraction of sp³-hybridized carbons (Fsp3) is 0.250. The molecule has 3 N–H and O–H groups in total. The molecule has 0 amide bonds. The first-order valence-electron chi connectivity index (χ1n) is 6.60. The molecule has 0 radical (unpaired) electrons. The van der Waals surface area contributed by atoms with Gasteiger partial charge in [-0.15, -0.1) is 0 Å². The van der Waals surface area contributed by atoms with Crippen LogP contribution in [0.4, 0.5) is 4.39 Å². The Labute approximate surface area is 118 Å². The molecule has 1 atom stereocenters. The lowest BCUT2D eigenvalue weighted by atomic mass is 9.97. The molecule has 0 spiro atoms. The fourth-order valence-corrected chi connectivity index (χ4v) is 2.27. The maximum atomic E-state index is 13.5. The van der Waals surface area contributed by atoms with E-state index in [4.69, 9.17) is 10.6 Å². The second-order valence-corrected chi connectivity index (χ2v) is 4.67. The number of ether oxygens (including phenoxy) is 1. The van der Waals surface area contributed by atoms with Crippen LogP contribution in [0.15, 0.2) is 42.5 Å². The minimum atomic E-state index is -0.273. The highest BCUT2D eigenvalue weighted by molar-refractivity contribution is 5.38. The lowest BCUT2D eigenvalue weighted by molar-refractivity contribution is 0.339. The molecule has 1 unspecified atom stereocenters. The first kappa shape index (κ1) is 14.5. The summed E-state index contributed by atoms with van der Waals surface area (Å²) in [5, 5.41) is 0. The van der Waals surface area contributed by atoms with E-state index in [0.717, 1.165) is 22.4 Å². The van der Waals surface area contributed by atoms with Crippen LogP contribution in [0.5, 0.6) is 5.75 Å². The van der Waals surface area contributed by atoms with Gasteiger partial charge in [0.05, 0.1) is 12.6 Å². The maximum absolute atomic E-state index is 13.5. The first-order valence-corrected chi connectivity index (χ1v) is 6.60. The SMILES string of the molecule is CCOc1cccc(C(NN)c2cc(C)cc(F)c2)c1. The predicted molar refractivity (Wildman–Crippen MR) is 77.9 cm³/mol. The number of hydrazine groups is 1. The molecule has 0 heterocycles. The summed E-state index contributed by atoms with van der Waals surface area (Å²) >= 11 is 0. The van der Waals surface area contributed by atoms with Crippen molar-refractivity contribution in [2.45, 2.75) is 19.9 Å². The minimum absolute atomic E-state index is 0.263. The number of rotatable bonds is 5. The largest absolute Gasteiger partial charge is 0.494 e. The average molecular weight is 274 g/mol. The lowest BCUT2D eigenvalue weighted by Gasteiger charge is -2.18. The number of hydrogen-bond acceptors (Lipinski definition) is 3. The third kappa shape index (κ3) is 3.35. The third-order valence-electron chi connectivity index (χ3n) is 3.07. The number of aryl methyl sites for hydroxylation is 1. The van der Waals surface area contributed by atoms with Crippen molar-refractivity contribution in [2.24, 2.45) is 5.84 Å². The van der Waals surface area contributed by atoms with Gasteiger partial charge in [-0.05, 0) is 54.8 Å². The van der Waals surface area contributed by atoms with Crippen molar-refractivity contribution in [3.63, 3.8) is 0 Å². The molecule has 0 aliphatic carbocycles. The van der Waals surface area contributed by atoms with E-state index in [-0.39, 0.29) is 11.9 Å². The number of nitrogens with one attached hydrogen (secondary N) is 1. The summed E-state index contributed by atoms with van der Waals surface area (Å²) in [6.07, 6.45) is 0. The zero-order valence-corrected chi connectivity index (χ0v) is 11.7. The van der Waals surface area contributed by atoms with Gasteiger partial charge in [-0.25, -0.2) is 9.82 Å². The molecular formula is C16H19FN2O. The Morgan fingerprint density at radius 3 is 2.65 bits per heavy atom. The standard InChI is InChI=1S/C16H19FN2O/c1-3-20-15-6-4-5-12(10-15)16(19-18)13-7-11(2)8-14(17)9-13/h4-10,16,19H,3,18H2,1-2H3. The molecule has 3 nitrogen and oxygen atoms in total. The maximum Gasteiger partial charge on any atom is 0.123 e. The zero-order chi connectivity index (χ0) is 14.5. The molecule has 2 rings (SSSR count). The normalized spacial score (nSPS) is 12.2. The quantitative estimate of drug-likeness (QED) is 0.650. The van der Waals surface area contributed by atoms with Crippen LogP contribution in [0.25, 0.3) is 0 Å². The number of benzene rings is 2. The molecule has 0 aromatic heterocycles. The monoisotopic (exact) mass is 274 g/mol. The second kappa shape index (κ2) is 6.50. The van der Waals surface area contributed by atoms with Crippen LogP contribution in [0.3, 0.4) is 0 Å². The van der Waals surface area contributed by atoms with Crippen LogP contribution in [0.1, 0.15) is 29.7 Å². The van der Waals surface area contributed by atoms with E-state index in [1.54, 1.807) is 0 Å². The summed E-state index contributed by atoms with van der Waals surface area (Å²) in [5.41, 5.74) is 5.32. The Kier molecular flexibility index (Phi) is 4.71. The van der Waals surface area contributed by atoms with Crippen LogP contribution >= 0.6 is 0 Å². The van der Waals surface area contributed by atoms with Crippen LogP contribution in [0.2, 0.25) is 0 Å². The van der Waals surface area contributed by atoms with Gasteiger partial charge in [0.2, 0.25) is 0 Å². The first-order chi connectivity index (χ1) is 9.63. The van der Waals surface area contributed by atoms with Crippen molar-refractivity contribution in [1.82, 2.24) is 5.43 Å². The third-order valence-corrected chi connectivity index (χ3v) is 3.07. The molecule has 2 aromatic carbocycles. The van der Waals surface area contributed by atoms with Crippen molar-refractivity contribution >= 4 is 0 Å². The van der Waals surface area contributed by atoms with Crippen LogP contribution in [0, 0.1) is 12.7 Å². The van der Waals surface area contributed by atoms with Gasteiger partial charge in [0.1, 0.15) is 11.6 Å². The number of hydrogen-bond donors (Lipinski definition) is 2. The van der Waals surface area contributed by atoms with Gasteiger partial charge in [-0.3, -0.25) is 5.84 Å². The van der Waals surface area contributed by atoms with Crippen LogP contribution < -0.4 is 16.0 Å². The van der Waals surface area contributed by atoms with E-state index in [1.165, 1.54) is 12.1 Å². The lowest BCUT2D eigenvalue weighted by Crippen LogP contribution is -2.29. The van der Waals surface area contributed by atoms with Gasteiger partial charge in [0, 0.05) is 0 Å². The summed E-state index contributed by atoms with van der Waals surface area (Å²) in [6, 6.07) is 12.3. The molecule has 0 fully saturated rings. The second-order valence-electron chi connectivity index (χ2n) is 4.67. The van der Waals surface area contributed by atoms with Crippen molar-refractivity contribution in [3.05, 3.63) is 65.0 Å².